The van der Waals surface area contributed by atoms with Crippen molar-refractivity contribution in [1.82, 2.24) is 15.2 Å². The molecule has 1 fully saturated rings. The topological polar surface area (TPSA) is 79.9 Å². The van der Waals surface area contributed by atoms with E-state index in [0.29, 0.717) is 17.6 Å². The Hall–Kier alpha value is -2.37. The van der Waals surface area contributed by atoms with Crippen LogP contribution in [0.15, 0.2) is 24.4 Å². The van der Waals surface area contributed by atoms with E-state index >= 15 is 0 Å². The van der Waals surface area contributed by atoms with E-state index in [1.807, 2.05) is 6.07 Å². The molecular formula is C17H22N4O2. The lowest BCUT2D eigenvalue weighted by Crippen LogP contribution is -2.14. The summed E-state index contributed by atoms with van der Waals surface area (Å²) in [5, 5.41) is 10.1. The normalized spacial score (nSPS) is 20.4. The molecule has 0 spiro atoms. The van der Waals surface area contributed by atoms with Gasteiger partial charge >= 0.3 is 0 Å². The van der Waals surface area contributed by atoms with E-state index in [1.54, 1.807) is 25.4 Å². The van der Waals surface area contributed by atoms with Crippen LogP contribution in [0.4, 0.5) is 5.82 Å². The van der Waals surface area contributed by atoms with Crippen molar-refractivity contribution in [3.8, 4) is 5.88 Å². The van der Waals surface area contributed by atoms with E-state index in [0.717, 1.165) is 17.2 Å². The molecule has 0 radical (unpaired) electrons. The van der Waals surface area contributed by atoms with Gasteiger partial charge in [-0.2, -0.15) is 5.10 Å². The summed E-state index contributed by atoms with van der Waals surface area (Å²) in [5.41, 5.74) is 1.98. The van der Waals surface area contributed by atoms with Crippen molar-refractivity contribution in [1.29, 1.82) is 0 Å². The number of H-pyrrole nitrogens is 1. The Morgan fingerprint density at radius 2 is 2.30 bits per heavy atom. The van der Waals surface area contributed by atoms with Gasteiger partial charge in [-0.15, -0.1) is 0 Å². The van der Waals surface area contributed by atoms with Crippen molar-refractivity contribution in [2.24, 2.45) is 5.92 Å². The maximum Gasteiger partial charge on any atom is 0.229 e. The summed E-state index contributed by atoms with van der Waals surface area (Å²) in [6.45, 7) is 2.28. The molecule has 1 amide bonds. The van der Waals surface area contributed by atoms with Gasteiger partial charge in [0.1, 0.15) is 0 Å². The van der Waals surface area contributed by atoms with E-state index in [9.17, 15) is 4.79 Å². The zero-order chi connectivity index (χ0) is 16.2. The first-order chi connectivity index (χ1) is 11.1. The molecule has 0 aromatic carbocycles. The highest BCUT2D eigenvalue weighted by atomic mass is 16.5. The molecule has 1 aliphatic rings. The average Bonchev–Trinajstić information content (AvgIpc) is 3.16. The molecule has 2 heterocycles. The number of hydrogen-bond donors (Lipinski definition) is 2. The minimum absolute atomic E-state index is 0.101. The van der Waals surface area contributed by atoms with Gasteiger partial charge in [0.25, 0.3) is 0 Å². The molecule has 2 atom stereocenters. The van der Waals surface area contributed by atoms with Crippen LogP contribution in [-0.4, -0.2) is 28.2 Å². The van der Waals surface area contributed by atoms with Crippen LogP contribution in [0.3, 0.4) is 0 Å². The van der Waals surface area contributed by atoms with Crippen LogP contribution < -0.4 is 10.1 Å². The fourth-order valence-electron chi connectivity index (χ4n) is 3.14. The molecule has 0 aliphatic heterocycles. The summed E-state index contributed by atoms with van der Waals surface area (Å²) in [6, 6.07) is 5.52. The van der Waals surface area contributed by atoms with Crippen LogP contribution in [0, 0.1) is 5.92 Å². The standard InChI is InChI=1S/C17H22N4O2/c1-11-3-4-13(7-11)14-10-15(21-20-14)19-16(22)8-12-5-6-18-17(9-12)23-2/h5-6,9-11,13H,3-4,7-8H2,1-2H3,(H2,19,20,21,22)/t11-,13+/m1/s1. The summed E-state index contributed by atoms with van der Waals surface area (Å²) in [4.78, 5) is 16.2. The third-order valence-corrected chi connectivity index (χ3v) is 4.37. The molecule has 2 N–H and O–H groups in total. The second kappa shape index (κ2) is 6.81. The highest BCUT2D eigenvalue weighted by Crippen LogP contribution is 2.37. The molecule has 1 aliphatic carbocycles. The highest BCUT2D eigenvalue weighted by Gasteiger charge is 2.24. The van der Waals surface area contributed by atoms with Crippen molar-refractivity contribution in [3.63, 3.8) is 0 Å². The second-order valence-electron chi connectivity index (χ2n) is 6.26. The Bertz CT molecular complexity index is 683. The SMILES string of the molecule is COc1cc(CC(=O)Nc2cc([C@H]3CC[C@@H](C)C3)[nH]n2)ccn1. The molecule has 0 bridgehead atoms. The van der Waals surface area contributed by atoms with Gasteiger partial charge in [-0.25, -0.2) is 4.98 Å². The van der Waals surface area contributed by atoms with Gasteiger partial charge in [0.2, 0.25) is 11.8 Å². The third-order valence-electron chi connectivity index (χ3n) is 4.37. The maximum absolute atomic E-state index is 12.1. The predicted octanol–water partition coefficient (Wildman–Crippen LogP) is 2.90. The average molecular weight is 314 g/mol. The molecular weight excluding hydrogens is 292 g/mol. The van der Waals surface area contributed by atoms with Gasteiger partial charge in [-0.1, -0.05) is 13.3 Å². The minimum atomic E-state index is -0.101. The van der Waals surface area contributed by atoms with Gasteiger partial charge in [0, 0.05) is 29.9 Å². The van der Waals surface area contributed by atoms with Crippen LogP contribution in [0.5, 0.6) is 5.88 Å². The number of aromatic amines is 1. The van der Waals surface area contributed by atoms with Crippen LogP contribution >= 0.6 is 0 Å². The predicted molar refractivity (Wildman–Crippen MR) is 87.5 cm³/mol. The first-order valence-electron chi connectivity index (χ1n) is 7.98. The molecule has 6 nitrogen and oxygen atoms in total. The lowest BCUT2D eigenvalue weighted by Gasteiger charge is -2.05. The summed E-state index contributed by atoms with van der Waals surface area (Å²) in [6.07, 6.45) is 5.53. The quantitative estimate of drug-likeness (QED) is 0.889. The van der Waals surface area contributed by atoms with Crippen molar-refractivity contribution >= 4 is 11.7 Å². The Labute approximate surface area is 135 Å². The number of nitrogens with one attached hydrogen (secondary N) is 2. The summed E-state index contributed by atoms with van der Waals surface area (Å²) in [5.74, 6) is 2.30. The molecule has 122 valence electrons. The van der Waals surface area contributed by atoms with Gasteiger partial charge in [0.15, 0.2) is 5.82 Å². The number of carbonyl (C=O) groups is 1. The van der Waals surface area contributed by atoms with E-state index in [4.69, 9.17) is 4.74 Å². The molecule has 0 unspecified atom stereocenters. The number of pyridine rings is 1. The molecule has 23 heavy (non-hydrogen) atoms. The zero-order valence-electron chi connectivity index (χ0n) is 13.5. The number of hydrogen-bond acceptors (Lipinski definition) is 4. The monoisotopic (exact) mass is 314 g/mol. The Morgan fingerprint density at radius 1 is 1.43 bits per heavy atom. The number of methoxy groups -OCH3 is 1. The van der Waals surface area contributed by atoms with Crippen LogP contribution in [0.2, 0.25) is 0 Å². The van der Waals surface area contributed by atoms with E-state index < -0.39 is 0 Å². The number of carbonyl (C=O) groups excluding carboxylic acids is 1. The van der Waals surface area contributed by atoms with Crippen molar-refractivity contribution < 1.29 is 9.53 Å². The largest absolute Gasteiger partial charge is 0.481 e. The molecule has 6 heteroatoms. The van der Waals surface area contributed by atoms with E-state index in [-0.39, 0.29) is 12.3 Å². The molecule has 3 rings (SSSR count). The highest BCUT2D eigenvalue weighted by molar-refractivity contribution is 5.91. The van der Waals surface area contributed by atoms with Crippen molar-refractivity contribution in [2.75, 3.05) is 12.4 Å². The second-order valence-corrected chi connectivity index (χ2v) is 6.26. The Balaban J connectivity index is 1.58. The zero-order valence-corrected chi connectivity index (χ0v) is 13.5. The van der Waals surface area contributed by atoms with Crippen molar-refractivity contribution in [2.45, 2.75) is 38.5 Å². The fraction of sp³-hybridized carbons (Fsp3) is 0.471. The first kappa shape index (κ1) is 15.5. The number of amides is 1. The fourth-order valence-corrected chi connectivity index (χ4v) is 3.14. The third kappa shape index (κ3) is 3.88. The van der Waals surface area contributed by atoms with Gasteiger partial charge in [0.05, 0.1) is 13.5 Å². The minimum Gasteiger partial charge on any atom is -0.481 e. The van der Waals surface area contributed by atoms with Crippen LogP contribution in [-0.2, 0) is 11.2 Å². The first-order valence-corrected chi connectivity index (χ1v) is 7.98. The lowest BCUT2D eigenvalue weighted by molar-refractivity contribution is -0.115. The van der Waals surface area contributed by atoms with Crippen LogP contribution in [0.25, 0.3) is 0 Å². The van der Waals surface area contributed by atoms with Gasteiger partial charge < -0.3 is 10.1 Å². The number of nitrogens with zero attached hydrogens (tertiary/aromatic N) is 2. The molecule has 1 saturated carbocycles. The van der Waals surface area contributed by atoms with Gasteiger partial charge in [-0.05, 0) is 30.4 Å². The van der Waals surface area contributed by atoms with Crippen LogP contribution in [0.1, 0.15) is 43.4 Å². The Kier molecular flexibility index (Phi) is 4.60. The number of anilines is 1. The summed E-state index contributed by atoms with van der Waals surface area (Å²) >= 11 is 0. The lowest BCUT2D eigenvalue weighted by atomic mass is 10.0. The molecule has 0 saturated heterocycles. The maximum atomic E-state index is 12.1. The van der Waals surface area contributed by atoms with E-state index in [1.165, 1.54) is 19.3 Å². The summed E-state index contributed by atoms with van der Waals surface area (Å²) < 4.78 is 5.06. The number of aromatic nitrogens is 3. The van der Waals surface area contributed by atoms with E-state index in [2.05, 4.69) is 27.4 Å². The molecule has 2 aromatic heterocycles. The number of rotatable bonds is 5. The Morgan fingerprint density at radius 3 is 3.04 bits per heavy atom. The molecule has 2 aromatic rings. The summed E-state index contributed by atoms with van der Waals surface area (Å²) in [7, 11) is 1.56. The van der Waals surface area contributed by atoms with Gasteiger partial charge in [-0.3, -0.25) is 9.89 Å². The van der Waals surface area contributed by atoms with Crippen molar-refractivity contribution in [3.05, 3.63) is 35.7 Å². The smallest absolute Gasteiger partial charge is 0.229 e. The number of ether oxygens (including phenoxy) is 1.